The van der Waals surface area contributed by atoms with Crippen molar-refractivity contribution in [3.8, 4) is 22.8 Å². The number of carbonyl (C=O) groups excluding carboxylic acids is 1. The van der Waals surface area contributed by atoms with Crippen molar-refractivity contribution in [3.63, 3.8) is 0 Å². The summed E-state index contributed by atoms with van der Waals surface area (Å²) in [5.74, 6) is 0.901. The number of hydrogen-bond acceptors (Lipinski definition) is 5. The van der Waals surface area contributed by atoms with E-state index in [0.717, 1.165) is 31.5 Å². The molecule has 2 aliphatic heterocycles. The number of rotatable bonds is 5. The number of nitrogens with one attached hydrogen (secondary N) is 1. The zero-order valence-corrected chi connectivity index (χ0v) is 17.7. The van der Waals surface area contributed by atoms with E-state index in [0.29, 0.717) is 35.8 Å². The molecule has 2 aliphatic rings. The molecule has 2 aromatic rings. The van der Waals surface area contributed by atoms with Crippen LogP contribution in [0.15, 0.2) is 30.3 Å². The van der Waals surface area contributed by atoms with Crippen LogP contribution in [0, 0.1) is 5.82 Å². The van der Waals surface area contributed by atoms with Gasteiger partial charge >= 0.3 is 0 Å². The molecular formula is C23H28FN3O3. The number of ether oxygens (including phenoxy) is 2. The number of pyridine rings is 1. The van der Waals surface area contributed by atoms with Crippen LogP contribution in [0.2, 0.25) is 0 Å². The molecule has 7 heteroatoms. The lowest BCUT2D eigenvalue weighted by molar-refractivity contribution is -0.134. The standard InChI is InChI=1S/C23H28FN3O3/c1-4-30-16-5-6-18(24)17(13-16)15-11-20(25-21(12-15)29-3)19-7-8-23(26-19)9-10-27(2)22(28)14-23/h5-6,11-13,19,26H,4,7-10,14H2,1-3H3. The molecule has 0 saturated carbocycles. The Hall–Kier alpha value is -2.67. The number of benzene rings is 1. The van der Waals surface area contributed by atoms with Gasteiger partial charge in [-0.1, -0.05) is 0 Å². The van der Waals surface area contributed by atoms with Crippen LogP contribution in [0.1, 0.15) is 44.3 Å². The fourth-order valence-corrected chi connectivity index (χ4v) is 4.46. The van der Waals surface area contributed by atoms with Crippen molar-refractivity contribution in [1.82, 2.24) is 15.2 Å². The molecule has 1 amide bonds. The van der Waals surface area contributed by atoms with Crippen molar-refractivity contribution in [2.75, 3.05) is 27.3 Å². The Morgan fingerprint density at radius 2 is 2.13 bits per heavy atom. The molecule has 2 saturated heterocycles. The van der Waals surface area contributed by atoms with Gasteiger partial charge in [-0.3, -0.25) is 4.79 Å². The Morgan fingerprint density at radius 1 is 1.30 bits per heavy atom. The number of piperidine rings is 1. The molecule has 0 radical (unpaired) electrons. The summed E-state index contributed by atoms with van der Waals surface area (Å²) >= 11 is 0. The van der Waals surface area contributed by atoms with Crippen molar-refractivity contribution < 1.29 is 18.7 Å². The Balaban J connectivity index is 1.65. The van der Waals surface area contributed by atoms with Gasteiger partial charge in [-0.15, -0.1) is 0 Å². The molecule has 2 fully saturated rings. The van der Waals surface area contributed by atoms with Crippen LogP contribution in [-0.4, -0.2) is 48.6 Å². The quantitative estimate of drug-likeness (QED) is 0.810. The normalized spacial score (nSPS) is 23.8. The highest BCUT2D eigenvalue weighted by Crippen LogP contribution is 2.40. The van der Waals surface area contributed by atoms with Crippen LogP contribution in [-0.2, 0) is 4.79 Å². The molecule has 1 aromatic carbocycles. The molecule has 2 atom stereocenters. The highest BCUT2D eigenvalue weighted by molar-refractivity contribution is 5.78. The number of amides is 1. The second-order valence-electron chi connectivity index (χ2n) is 8.16. The highest BCUT2D eigenvalue weighted by atomic mass is 19.1. The Kier molecular flexibility index (Phi) is 5.64. The first-order chi connectivity index (χ1) is 14.4. The molecule has 6 nitrogen and oxygen atoms in total. The summed E-state index contributed by atoms with van der Waals surface area (Å²) in [6.45, 7) is 3.16. The average molecular weight is 413 g/mol. The maximum Gasteiger partial charge on any atom is 0.224 e. The lowest BCUT2D eigenvalue weighted by Gasteiger charge is -2.38. The minimum Gasteiger partial charge on any atom is -0.494 e. The van der Waals surface area contributed by atoms with Gasteiger partial charge in [0.25, 0.3) is 0 Å². The van der Waals surface area contributed by atoms with Crippen molar-refractivity contribution in [3.05, 3.63) is 41.8 Å². The van der Waals surface area contributed by atoms with E-state index in [9.17, 15) is 9.18 Å². The summed E-state index contributed by atoms with van der Waals surface area (Å²) in [7, 11) is 3.41. The molecule has 4 rings (SSSR count). The molecule has 1 N–H and O–H groups in total. The predicted molar refractivity (Wildman–Crippen MR) is 112 cm³/mol. The van der Waals surface area contributed by atoms with Crippen molar-refractivity contribution in [1.29, 1.82) is 0 Å². The minimum atomic E-state index is -0.325. The first kappa shape index (κ1) is 20.6. The van der Waals surface area contributed by atoms with Gasteiger partial charge in [0, 0.05) is 37.2 Å². The van der Waals surface area contributed by atoms with E-state index < -0.39 is 0 Å². The number of aromatic nitrogens is 1. The van der Waals surface area contributed by atoms with Crippen LogP contribution in [0.4, 0.5) is 4.39 Å². The molecule has 1 aromatic heterocycles. The fraction of sp³-hybridized carbons (Fsp3) is 0.478. The first-order valence-corrected chi connectivity index (χ1v) is 10.4. The number of likely N-dealkylation sites (tertiary alicyclic amines) is 1. The summed E-state index contributed by atoms with van der Waals surface area (Å²) in [6, 6.07) is 8.39. The largest absolute Gasteiger partial charge is 0.494 e. The molecule has 1 spiro atoms. The molecule has 30 heavy (non-hydrogen) atoms. The van der Waals surface area contributed by atoms with Crippen LogP contribution < -0.4 is 14.8 Å². The number of nitrogens with zero attached hydrogens (tertiary/aromatic N) is 2. The van der Waals surface area contributed by atoms with Gasteiger partial charge in [-0.05, 0) is 56.0 Å². The van der Waals surface area contributed by atoms with Gasteiger partial charge in [0.15, 0.2) is 0 Å². The van der Waals surface area contributed by atoms with E-state index >= 15 is 0 Å². The summed E-state index contributed by atoms with van der Waals surface area (Å²) in [4.78, 5) is 18.7. The molecule has 3 heterocycles. The third-order valence-corrected chi connectivity index (χ3v) is 6.18. The monoisotopic (exact) mass is 413 g/mol. The fourth-order valence-electron chi connectivity index (χ4n) is 4.46. The van der Waals surface area contributed by atoms with E-state index in [2.05, 4.69) is 10.3 Å². The number of methoxy groups -OCH3 is 1. The summed E-state index contributed by atoms with van der Waals surface area (Å²) < 4.78 is 25.6. The van der Waals surface area contributed by atoms with E-state index in [1.54, 1.807) is 30.2 Å². The predicted octanol–water partition coefficient (Wildman–Crippen LogP) is 3.71. The molecule has 2 unspecified atom stereocenters. The number of halogens is 1. The zero-order valence-electron chi connectivity index (χ0n) is 17.7. The van der Waals surface area contributed by atoms with E-state index in [1.165, 1.54) is 6.07 Å². The second-order valence-corrected chi connectivity index (χ2v) is 8.16. The smallest absolute Gasteiger partial charge is 0.224 e. The first-order valence-electron chi connectivity index (χ1n) is 10.4. The van der Waals surface area contributed by atoms with Crippen molar-refractivity contribution >= 4 is 5.91 Å². The van der Waals surface area contributed by atoms with Crippen LogP contribution in [0.25, 0.3) is 11.1 Å². The molecule has 0 aliphatic carbocycles. The highest BCUT2D eigenvalue weighted by Gasteiger charge is 2.44. The maximum absolute atomic E-state index is 14.6. The molecular weight excluding hydrogens is 385 g/mol. The van der Waals surface area contributed by atoms with Crippen molar-refractivity contribution in [2.24, 2.45) is 0 Å². The van der Waals surface area contributed by atoms with Crippen LogP contribution >= 0.6 is 0 Å². The Labute approximate surface area is 176 Å². The third-order valence-electron chi connectivity index (χ3n) is 6.18. The van der Waals surface area contributed by atoms with Gasteiger partial charge in [0.1, 0.15) is 11.6 Å². The SMILES string of the molecule is CCOc1ccc(F)c(-c2cc(OC)nc(C3CCC4(CCN(C)C(=O)C4)N3)c2)c1. The molecule has 160 valence electrons. The van der Waals surface area contributed by atoms with Gasteiger partial charge < -0.3 is 19.7 Å². The number of hydrogen-bond donors (Lipinski definition) is 1. The summed E-state index contributed by atoms with van der Waals surface area (Å²) in [6.07, 6.45) is 3.22. The van der Waals surface area contributed by atoms with Crippen LogP contribution in [0.5, 0.6) is 11.6 Å². The topological polar surface area (TPSA) is 63.7 Å². The van der Waals surface area contributed by atoms with Crippen molar-refractivity contribution in [2.45, 2.75) is 44.2 Å². The lowest BCUT2D eigenvalue weighted by Crippen LogP contribution is -2.51. The second kappa shape index (κ2) is 8.22. The Bertz CT molecular complexity index is 951. The Morgan fingerprint density at radius 3 is 2.87 bits per heavy atom. The lowest BCUT2D eigenvalue weighted by atomic mass is 9.86. The average Bonchev–Trinajstić information content (AvgIpc) is 3.16. The van der Waals surface area contributed by atoms with E-state index in [-0.39, 0.29) is 23.3 Å². The summed E-state index contributed by atoms with van der Waals surface area (Å²) in [5.41, 5.74) is 1.76. The zero-order chi connectivity index (χ0) is 21.3. The number of carbonyl (C=O) groups is 1. The summed E-state index contributed by atoms with van der Waals surface area (Å²) in [5, 5.41) is 3.67. The van der Waals surface area contributed by atoms with Crippen LogP contribution in [0.3, 0.4) is 0 Å². The third kappa shape index (κ3) is 3.99. The van der Waals surface area contributed by atoms with Gasteiger partial charge in [0.2, 0.25) is 11.8 Å². The van der Waals surface area contributed by atoms with Gasteiger partial charge in [-0.2, -0.15) is 0 Å². The van der Waals surface area contributed by atoms with Gasteiger partial charge in [0.05, 0.1) is 25.5 Å². The minimum absolute atomic E-state index is 0.00630. The van der Waals surface area contributed by atoms with Gasteiger partial charge in [-0.25, -0.2) is 9.37 Å². The van der Waals surface area contributed by atoms with E-state index in [4.69, 9.17) is 9.47 Å². The maximum atomic E-state index is 14.6. The molecule has 0 bridgehead atoms. The van der Waals surface area contributed by atoms with E-state index in [1.807, 2.05) is 20.0 Å².